The maximum atomic E-state index is 12.4. The molecule has 1 aromatic heterocycles. The molecule has 106 valence electrons. The largest absolute Gasteiger partial charge is 0.383 e. The molecule has 0 spiro atoms. The lowest BCUT2D eigenvalue weighted by Crippen LogP contribution is -2.45. The topological polar surface area (TPSA) is 41.6 Å². The van der Waals surface area contributed by atoms with Crippen molar-refractivity contribution in [2.24, 2.45) is 5.92 Å². The van der Waals surface area contributed by atoms with E-state index in [0.717, 1.165) is 0 Å². The van der Waals surface area contributed by atoms with Gasteiger partial charge in [-0.25, -0.2) is 0 Å². The fourth-order valence-corrected chi connectivity index (χ4v) is 3.31. The quantitative estimate of drug-likeness (QED) is 0.900. The zero-order valence-corrected chi connectivity index (χ0v) is 12.7. The molecule has 19 heavy (non-hydrogen) atoms. The predicted molar refractivity (Wildman–Crippen MR) is 77.0 cm³/mol. The Morgan fingerprint density at radius 2 is 2.26 bits per heavy atom. The van der Waals surface area contributed by atoms with E-state index in [1.807, 2.05) is 23.3 Å². The second-order valence-electron chi connectivity index (χ2n) is 5.32. The molecular weight excluding hydrogens is 260 g/mol. The molecule has 1 aliphatic heterocycles. The van der Waals surface area contributed by atoms with Crippen LogP contribution in [0.2, 0.25) is 0 Å². The Bertz CT molecular complexity index is 419. The SMILES string of the molecule is COCC(C(C)C)N1C(=O)C(C)NC1c1cccs1. The van der Waals surface area contributed by atoms with Gasteiger partial charge in [-0.15, -0.1) is 11.3 Å². The molecule has 0 aromatic carbocycles. The minimum absolute atomic E-state index is 0.0231. The summed E-state index contributed by atoms with van der Waals surface area (Å²) in [5.74, 6) is 0.521. The molecule has 1 fully saturated rings. The molecule has 0 saturated carbocycles. The second-order valence-corrected chi connectivity index (χ2v) is 6.30. The highest BCUT2D eigenvalue weighted by Crippen LogP contribution is 2.32. The van der Waals surface area contributed by atoms with E-state index in [1.165, 1.54) is 4.88 Å². The van der Waals surface area contributed by atoms with E-state index < -0.39 is 0 Å². The van der Waals surface area contributed by atoms with Crippen LogP contribution in [-0.2, 0) is 9.53 Å². The Hall–Kier alpha value is -0.910. The number of hydrogen-bond acceptors (Lipinski definition) is 4. The summed E-state index contributed by atoms with van der Waals surface area (Å²) in [6.45, 7) is 6.75. The zero-order chi connectivity index (χ0) is 14.0. The molecule has 0 aliphatic carbocycles. The molecule has 1 N–H and O–H groups in total. The number of methoxy groups -OCH3 is 1. The van der Waals surface area contributed by atoms with Gasteiger partial charge in [-0.1, -0.05) is 19.9 Å². The molecule has 5 heteroatoms. The van der Waals surface area contributed by atoms with E-state index in [-0.39, 0.29) is 24.2 Å². The minimum Gasteiger partial charge on any atom is -0.383 e. The monoisotopic (exact) mass is 282 g/mol. The maximum absolute atomic E-state index is 12.4. The number of carbonyl (C=O) groups excluding carboxylic acids is 1. The molecule has 0 radical (unpaired) electrons. The lowest BCUT2D eigenvalue weighted by atomic mass is 10.0. The van der Waals surface area contributed by atoms with E-state index in [9.17, 15) is 4.79 Å². The van der Waals surface area contributed by atoms with Crippen LogP contribution in [0.25, 0.3) is 0 Å². The van der Waals surface area contributed by atoms with Crippen LogP contribution in [0.3, 0.4) is 0 Å². The highest BCUT2D eigenvalue weighted by Gasteiger charge is 2.42. The van der Waals surface area contributed by atoms with Crippen LogP contribution < -0.4 is 5.32 Å². The van der Waals surface area contributed by atoms with Gasteiger partial charge >= 0.3 is 0 Å². The van der Waals surface area contributed by atoms with Crippen molar-refractivity contribution < 1.29 is 9.53 Å². The van der Waals surface area contributed by atoms with Gasteiger partial charge in [0.05, 0.1) is 18.7 Å². The first kappa shape index (κ1) is 14.5. The van der Waals surface area contributed by atoms with Gasteiger partial charge in [-0.2, -0.15) is 0 Å². The van der Waals surface area contributed by atoms with Crippen LogP contribution in [-0.4, -0.2) is 36.6 Å². The van der Waals surface area contributed by atoms with Crippen molar-refractivity contribution in [1.82, 2.24) is 10.2 Å². The van der Waals surface area contributed by atoms with Gasteiger partial charge in [0, 0.05) is 12.0 Å². The van der Waals surface area contributed by atoms with Crippen molar-refractivity contribution in [2.75, 3.05) is 13.7 Å². The number of nitrogens with one attached hydrogen (secondary N) is 1. The molecule has 1 amide bonds. The van der Waals surface area contributed by atoms with Crippen LogP contribution in [0.1, 0.15) is 31.8 Å². The number of carbonyl (C=O) groups is 1. The lowest BCUT2D eigenvalue weighted by Gasteiger charge is -2.34. The molecule has 1 aromatic rings. The molecule has 1 aliphatic rings. The Labute approximate surface area is 118 Å². The first-order valence-corrected chi connectivity index (χ1v) is 7.54. The van der Waals surface area contributed by atoms with Crippen LogP contribution in [0.5, 0.6) is 0 Å². The average molecular weight is 282 g/mol. The Balaban J connectivity index is 2.29. The van der Waals surface area contributed by atoms with Crippen molar-refractivity contribution in [3.63, 3.8) is 0 Å². The predicted octanol–water partition coefficient (Wildman–Crippen LogP) is 2.24. The summed E-state index contributed by atoms with van der Waals surface area (Å²) in [5, 5.41) is 5.43. The van der Waals surface area contributed by atoms with Gasteiger partial charge in [0.1, 0.15) is 6.17 Å². The van der Waals surface area contributed by atoms with Crippen LogP contribution in [0.15, 0.2) is 17.5 Å². The van der Waals surface area contributed by atoms with E-state index in [2.05, 4.69) is 25.2 Å². The molecule has 2 heterocycles. The average Bonchev–Trinajstić information content (AvgIpc) is 2.97. The number of rotatable bonds is 5. The van der Waals surface area contributed by atoms with Crippen molar-refractivity contribution >= 4 is 17.2 Å². The smallest absolute Gasteiger partial charge is 0.241 e. The van der Waals surface area contributed by atoms with Gasteiger partial charge in [0.15, 0.2) is 0 Å². The minimum atomic E-state index is -0.134. The van der Waals surface area contributed by atoms with Crippen molar-refractivity contribution in [3.05, 3.63) is 22.4 Å². The standard InChI is InChI=1S/C14H22N2O2S/c1-9(2)11(8-18-4)16-13(12-6-5-7-19-12)15-10(3)14(16)17/h5-7,9-11,13,15H,8H2,1-4H3. The normalized spacial score (nSPS) is 25.3. The molecule has 3 atom stereocenters. The summed E-state index contributed by atoms with van der Waals surface area (Å²) in [7, 11) is 1.69. The molecule has 2 rings (SSSR count). The summed E-state index contributed by atoms with van der Waals surface area (Å²) < 4.78 is 5.31. The summed E-state index contributed by atoms with van der Waals surface area (Å²) >= 11 is 1.68. The van der Waals surface area contributed by atoms with Gasteiger partial charge in [-0.3, -0.25) is 10.1 Å². The maximum Gasteiger partial charge on any atom is 0.241 e. The van der Waals surface area contributed by atoms with Crippen LogP contribution in [0.4, 0.5) is 0 Å². The van der Waals surface area contributed by atoms with E-state index >= 15 is 0 Å². The molecule has 0 bridgehead atoms. The number of ether oxygens (including phenoxy) is 1. The third-order valence-electron chi connectivity index (χ3n) is 3.59. The number of nitrogens with zero attached hydrogens (tertiary/aromatic N) is 1. The Morgan fingerprint density at radius 1 is 1.53 bits per heavy atom. The van der Waals surface area contributed by atoms with Crippen LogP contribution in [0, 0.1) is 5.92 Å². The molecule has 1 saturated heterocycles. The third kappa shape index (κ3) is 2.83. The van der Waals surface area contributed by atoms with Crippen molar-refractivity contribution in [3.8, 4) is 0 Å². The van der Waals surface area contributed by atoms with E-state index in [1.54, 1.807) is 18.4 Å². The summed E-state index contributed by atoms with van der Waals surface area (Å²) in [6, 6.07) is 4.06. The highest BCUT2D eigenvalue weighted by atomic mass is 32.1. The molecular formula is C14H22N2O2S. The fraction of sp³-hybridized carbons (Fsp3) is 0.643. The van der Waals surface area contributed by atoms with E-state index in [0.29, 0.717) is 12.5 Å². The van der Waals surface area contributed by atoms with Gasteiger partial charge in [0.2, 0.25) is 5.91 Å². The zero-order valence-electron chi connectivity index (χ0n) is 11.9. The summed E-state index contributed by atoms with van der Waals surface area (Å²) in [6.07, 6.45) is -0.0231. The number of amides is 1. The first-order valence-electron chi connectivity index (χ1n) is 6.66. The van der Waals surface area contributed by atoms with Gasteiger partial charge in [-0.05, 0) is 24.3 Å². The highest BCUT2D eigenvalue weighted by molar-refractivity contribution is 7.10. The first-order chi connectivity index (χ1) is 9.06. The number of hydrogen-bond donors (Lipinski definition) is 1. The summed E-state index contributed by atoms with van der Waals surface area (Å²) in [5.41, 5.74) is 0. The Kier molecular flexibility index (Phi) is 4.60. The van der Waals surface area contributed by atoms with Gasteiger partial charge < -0.3 is 9.64 Å². The van der Waals surface area contributed by atoms with Crippen molar-refractivity contribution in [2.45, 2.75) is 39.0 Å². The third-order valence-corrected chi connectivity index (χ3v) is 4.51. The molecule has 3 unspecified atom stereocenters. The lowest BCUT2D eigenvalue weighted by molar-refractivity contribution is -0.134. The fourth-order valence-electron chi connectivity index (χ4n) is 2.52. The van der Waals surface area contributed by atoms with Crippen LogP contribution >= 0.6 is 11.3 Å². The van der Waals surface area contributed by atoms with Crippen molar-refractivity contribution in [1.29, 1.82) is 0 Å². The second kappa shape index (κ2) is 6.03. The summed E-state index contributed by atoms with van der Waals surface area (Å²) in [4.78, 5) is 15.6. The molecule has 4 nitrogen and oxygen atoms in total. The number of thiophene rings is 1. The Morgan fingerprint density at radius 3 is 2.79 bits per heavy atom. The van der Waals surface area contributed by atoms with Gasteiger partial charge in [0.25, 0.3) is 0 Å². The van der Waals surface area contributed by atoms with E-state index in [4.69, 9.17) is 4.74 Å².